The maximum atomic E-state index is 5.89. The van der Waals surface area contributed by atoms with Crippen LogP contribution in [0.3, 0.4) is 0 Å². The van der Waals surface area contributed by atoms with Crippen molar-refractivity contribution in [3.8, 4) is 17.1 Å². The lowest BCUT2D eigenvalue weighted by atomic mass is 10.2. The number of halogens is 1. The number of para-hydroxylation sites is 2. The molecule has 3 rings (SSSR count). The van der Waals surface area contributed by atoms with Gasteiger partial charge in [-0.1, -0.05) is 28.9 Å². The van der Waals surface area contributed by atoms with E-state index in [4.69, 9.17) is 26.6 Å². The molecule has 128 valence electrons. The van der Waals surface area contributed by atoms with Crippen molar-refractivity contribution in [2.45, 2.75) is 6.54 Å². The number of guanidine groups is 1. The van der Waals surface area contributed by atoms with Gasteiger partial charge in [-0.2, -0.15) is 4.98 Å². The fourth-order valence-electron chi connectivity index (χ4n) is 2.11. The van der Waals surface area contributed by atoms with Crippen molar-refractivity contribution in [2.24, 2.45) is 10.7 Å². The summed E-state index contributed by atoms with van der Waals surface area (Å²) in [6.07, 6.45) is 0. The Bertz CT molecular complexity index is 877. The van der Waals surface area contributed by atoms with Crippen LogP contribution in [0.1, 0.15) is 5.89 Å². The van der Waals surface area contributed by atoms with Crippen LogP contribution < -0.4 is 15.8 Å². The van der Waals surface area contributed by atoms with Crippen molar-refractivity contribution in [1.82, 2.24) is 10.1 Å². The SMILES string of the molecule is COc1ccccc1NC(N)=NCc1nc(-c2ccc(Cl)cc2)no1. The molecule has 0 amide bonds. The highest BCUT2D eigenvalue weighted by Gasteiger charge is 2.08. The third-order valence-corrected chi connectivity index (χ3v) is 3.58. The Kier molecular flexibility index (Phi) is 5.15. The summed E-state index contributed by atoms with van der Waals surface area (Å²) in [6.45, 7) is 0.161. The average Bonchev–Trinajstić information content (AvgIpc) is 3.10. The van der Waals surface area contributed by atoms with Crippen LogP contribution in [0.25, 0.3) is 11.4 Å². The van der Waals surface area contributed by atoms with Crippen LogP contribution in [0.2, 0.25) is 5.02 Å². The highest BCUT2D eigenvalue weighted by Crippen LogP contribution is 2.22. The zero-order valence-corrected chi connectivity index (χ0v) is 14.2. The first-order chi connectivity index (χ1) is 12.2. The number of aromatic nitrogens is 2. The van der Waals surface area contributed by atoms with Crippen LogP contribution in [-0.2, 0) is 6.54 Å². The summed E-state index contributed by atoms with van der Waals surface area (Å²) in [5, 5.41) is 7.55. The van der Waals surface area contributed by atoms with Gasteiger partial charge in [0.05, 0.1) is 12.8 Å². The number of hydrogen-bond donors (Lipinski definition) is 2. The number of nitrogens with zero attached hydrogens (tertiary/aromatic N) is 3. The van der Waals surface area contributed by atoms with Crippen LogP contribution in [0.5, 0.6) is 5.75 Å². The Balaban J connectivity index is 1.66. The van der Waals surface area contributed by atoms with Gasteiger partial charge in [0.15, 0.2) is 5.96 Å². The lowest BCUT2D eigenvalue weighted by Crippen LogP contribution is -2.22. The number of anilines is 1. The van der Waals surface area contributed by atoms with Crippen molar-refractivity contribution in [3.63, 3.8) is 0 Å². The maximum absolute atomic E-state index is 5.89. The van der Waals surface area contributed by atoms with E-state index in [1.54, 1.807) is 19.2 Å². The second kappa shape index (κ2) is 7.67. The second-order valence-corrected chi connectivity index (χ2v) is 5.48. The molecule has 3 N–H and O–H groups in total. The van der Waals surface area contributed by atoms with Gasteiger partial charge in [0, 0.05) is 10.6 Å². The Labute approximate surface area is 149 Å². The Morgan fingerprint density at radius 3 is 2.76 bits per heavy atom. The molecule has 0 aliphatic rings. The van der Waals surface area contributed by atoms with Gasteiger partial charge in [0.25, 0.3) is 0 Å². The second-order valence-electron chi connectivity index (χ2n) is 5.05. The number of aliphatic imine (C=N–C) groups is 1. The number of nitrogens with one attached hydrogen (secondary N) is 1. The summed E-state index contributed by atoms with van der Waals surface area (Å²) in [6, 6.07) is 14.6. The topological polar surface area (TPSA) is 98.6 Å². The van der Waals surface area contributed by atoms with E-state index in [-0.39, 0.29) is 12.5 Å². The summed E-state index contributed by atoms with van der Waals surface area (Å²) in [5.74, 6) is 1.71. The van der Waals surface area contributed by atoms with Gasteiger partial charge in [0.1, 0.15) is 12.3 Å². The molecule has 8 heteroatoms. The number of rotatable bonds is 5. The van der Waals surface area contributed by atoms with E-state index >= 15 is 0 Å². The zero-order valence-electron chi connectivity index (χ0n) is 13.4. The minimum absolute atomic E-state index is 0.161. The van der Waals surface area contributed by atoms with Crippen LogP contribution in [-0.4, -0.2) is 23.2 Å². The molecule has 25 heavy (non-hydrogen) atoms. The molecule has 0 unspecified atom stereocenters. The molecule has 3 aromatic rings. The number of nitrogens with two attached hydrogens (primary N) is 1. The molecule has 1 heterocycles. The van der Waals surface area contributed by atoms with Gasteiger partial charge >= 0.3 is 0 Å². The third kappa shape index (κ3) is 4.27. The minimum Gasteiger partial charge on any atom is -0.495 e. The van der Waals surface area contributed by atoms with Crippen LogP contribution in [0, 0.1) is 0 Å². The summed E-state index contributed by atoms with van der Waals surface area (Å²) in [4.78, 5) is 8.48. The molecule has 0 saturated carbocycles. The largest absolute Gasteiger partial charge is 0.495 e. The van der Waals surface area contributed by atoms with Crippen molar-refractivity contribution in [2.75, 3.05) is 12.4 Å². The first kappa shape index (κ1) is 16.8. The van der Waals surface area contributed by atoms with E-state index in [9.17, 15) is 0 Å². The highest BCUT2D eigenvalue weighted by atomic mass is 35.5. The van der Waals surface area contributed by atoms with Gasteiger partial charge < -0.3 is 20.3 Å². The number of methoxy groups -OCH3 is 1. The van der Waals surface area contributed by atoms with E-state index in [1.807, 2.05) is 36.4 Å². The van der Waals surface area contributed by atoms with E-state index in [0.29, 0.717) is 22.5 Å². The normalized spacial score (nSPS) is 11.4. The molecule has 0 bridgehead atoms. The van der Waals surface area contributed by atoms with Gasteiger partial charge in [-0.25, -0.2) is 4.99 Å². The number of hydrogen-bond acceptors (Lipinski definition) is 5. The standard InChI is InChI=1S/C17H16ClN5O2/c1-24-14-5-3-2-4-13(14)21-17(19)20-10-15-22-16(23-25-15)11-6-8-12(18)9-7-11/h2-9H,10H2,1H3,(H3,19,20,21). The summed E-state index contributed by atoms with van der Waals surface area (Å²) in [5.41, 5.74) is 7.42. The quantitative estimate of drug-likeness (QED) is 0.537. The van der Waals surface area contributed by atoms with Crippen molar-refractivity contribution < 1.29 is 9.26 Å². The van der Waals surface area contributed by atoms with Crippen LogP contribution in [0.4, 0.5) is 5.69 Å². The fourth-order valence-corrected chi connectivity index (χ4v) is 2.24. The smallest absolute Gasteiger partial charge is 0.248 e. The molecule has 0 atom stereocenters. The van der Waals surface area contributed by atoms with Crippen molar-refractivity contribution in [1.29, 1.82) is 0 Å². The predicted molar refractivity (Wildman–Crippen MR) is 96.7 cm³/mol. The Morgan fingerprint density at radius 1 is 1.24 bits per heavy atom. The average molecular weight is 358 g/mol. The van der Waals surface area contributed by atoms with Gasteiger partial charge in [-0.15, -0.1) is 0 Å². The lowest BCUT2D eigenvalue weighted by Gasteiger charge is -2.09. The first-order valence-electron chi connectivity index (χ1n) is 7.44. The van der Waals surface area contributed by atoms with E-state index in [0.717, 1.165) is 11.3 Å². The summed E-state index contributed by atoms with van der Waals surface area (Å²) < 4.78 is 10.4. The molecule has 0 spiro atoms. The molecule has 0 radical (unpaired) electrons. The molecule has 0 aliphatic carbocycles. The zero-order chi connectivity index (χ0) is 17.6. The molecule has 0 fully saturated rings. The molecule has 1 aromatic heterocycles. The monoisotopic (exact) mass is 357 g/mol. The van der Waals surface area contributed by atoms with Gasteiger partial charge in [-0.3, -0.25) is 0 Å². The van der Waals surface area contributed by atoms with Crippen LogP contribution in [0.15, 0.2) is 58.0 Å². The summed E-state index contributed by atoms with van der Waals surface area (Å²) >= 11 is 5.87. The Hall–Kier alpha value is -3.06. The highest BCUT2D eigenvalue weighted by molar-refractivity contribution is 6.30. The Morgan fingerprint density at radius 2 is 2.00 bits per heavy atom. The van der Waals surface area contributed by atoms with Crippen molar-refractivity contribution in [3.05, 3.63) is 59.4 Å². The lowest BCUT2D eigenvalue weighted by molar-refractivity contribution is 0.381. The predicted octanol–water partition coefficient (Wildman–Crippen LogP) is 3.33. The number of benzene rings is 2. The third-order valence-electron chi connectivity index (χ3n) is 3.32. The molecule has 2 aromatic carbocycles. The fraction of sp³-hybridized carbons (Fsp3) is 0.118. The molecular formula is C17H16ClN5O2. The van der Waals surface area contributed by atoms with Crippen LogP contribution >= 0.6 is 11.6 Å². The maximum Gasteiger partial charge on any atom is 0.248 e. The summed E-state index contributed by atoms with van der Waals surface area (Å²) in [7, 11) is 1.59. The van der Waals surface area contributed by atoms with E-state index in [1.165, 1.54) is 0 Å². The molecule has 0 aliphatic heterocycles. The van der Waals surface area contributed by atoms with E-state index in [2.05, 4.69) is 20.4 Å². The van der Waals surface area contributed by atoms with E-state index < -0.39 is 0 Å². The van der Waals surface area contributed by atoms with Crippen molar-refractivity contribution >= 4 is 23.2 Å². The molecule has 7 nitrogen and oxygen atoms in total. The molecular weight excluding hydrogens is 342 g/mol. The van der Waals surface area contributed by atoms with Gasteiger partial charge in [0.2, 0.25) is 11.7 Å². The molecule has 0 saturated heterocycles. The number of ether oxygens (including phenoxy) is 1. The minimum atomic E-state index is 0.161. The first-order valence-corrected chi connectivity index (χ1v) is 7.82. The van der Waals surface area contributed by atoms with Gasteiger partial charge in [-0.05, 0) is 36.4 Å².